The minimum atomic E-state index is -1.01. The molecule has 3 heterocycles. The number of nitrogens with zero attached hydrogens (tertiary/aromatic N) is 4. The summed E-state index contributed by atoms with van der Waals surface area (Å²) in [6.45, 7) is 3.38. The standard InChI is InChI=1S/C30H31ClN4O5S/c1-30(2,29(36)37)23-15-32-24(41-23)13-12-22-28-34-33-27(16-8-9-16)35(28)20-11-10-17(31)14-19(20)25(40-22)18-6-5-7-21(38-3)26(18)39-4/h5-7,10-11,14-16,22,25H,8-9,12-13H2,1-4H3,(H,36,37)/t22-,25-/m0/s1. The minimum absolute atomic E-state index is 0.350. The highest BCUT2D eigenvalue weighted by Gasteiger charge is 2.39. The Morgan fingerprint density at radius 2 is 1.93 bits per heavy atom. The fourth-order valence-electron chi connectivity index (χ4n) is 5.24. The van der Waals surface area contributed by atoms with Crippen LogP contribution in [0.5, 0.6) is 11.5 Å². The number of fused-ring (bicyclic) bond motifs is 3. The third-order valence-electron chi connectivity index (χ3n) is 7.80. The van der Waals surface area contributed by atoms with Crippen molar-refractivity contribution in [2.45, 2.75) is 63.1 Å². The maximum Gasteiger partial charge on any atom is 0.314 e. The van der Waals surface area contributed by atoms with Crippen LogP contribution in [0.3, 0.4) is 0 Å². The molecule has 11 heteroatoms. The zero-order valence-corrected chi connectivity index (χ0v) is 24.8. The number of ether oxygens (including phenoxy) is 3. The van der Waals surface area contributed by atoms with Crippen molar-refractivity contribution in [3.8, 4) is 17.2 Å². The molecule has 0 spiro atoms. The maximum absolute atomic E-state index is 11.8. The number of aliphatic carboxylic acids is 1. The molecule has 6 rings (SSSR count). The molecule has 2 aliphatic rings. The second-order valence-corrected chi connectivity index (χ2v) is 12.5. The van der Waals surface area contributed by atoms with E-state index in [2.05, 4.69) is 19.7 Å². The van der Waals surface area contributed by atoms with Gasteiger partial charge in [0, 0.05) is 39.6 Å². The van der Waals surface area contributed by atoms with Crippen LogP contribution in [0.15, 0.2) is 42.6 Å². The Kier molecular flexibility index (Phi) is 7.25. The van der Waals surface area contributed by atoms with Crippen LogP contribution in [0.25, 0.3) is 5.69 Å². The van der Waals surface area contributed by atoms with Gasteiger partial charge in [0.05, 0.1) is 30.3 Å². The summed E-state index contributed by atoms with van der Waals surface area (Å²) in [5.41, 5.74) is 1.61. The molecule has 2 aromatic heterocycles. The number of thiazole rings is 1. The van der Waals surface area contributed by atoms with Gasteiger partial charge in [0.1, 0.15) is 18.0 Å². The molecule has 0 radical (unpaired) electrons. The average Bonchev–Trinajstić information content (AvgIpc) is 3.56. The van der Waals surface area contributed by atoms with Crippen LogP contribution in [0.4, 0.5) is 0 Å². The fourth-order valence-corrected chi connectivity index (χ4v) is 6.45. The molecule has 2 aromatic carbocycles. The van der Waals surface area contributed by atoms with Crippen LogP contribution in [-0.2, 0) is 21.4 Å². The summed E-state index contributed by atoms with van der Waals surface area (Å²) in [6, 6.07) is 11.6. The Bertz CT molecular complexity index is 1610. The van der Waals surface area contributed by atoms with Gasteiger partial charge in [-0.25, -0.2) is 4.98 Å². The van der Waals surface area contributed by atoms with Gasteiger partial charge in [-0.15, -0.1) is 21.5 Å². The van der Waals surface area contributed by atoms with E-state index >= 15 is 0 Å². The molecule has 1 fully saturated rings. The molecule has 9 nitrogen and oxygen atoms in total. The van der Waals surface area contributed by atoms with E-state index in [1.54, 1.807) is 34.3 Å². The number of carboxylic acid groups (broad SMARTS) is 1. The van der Waals surface area contributed by atoms with E-state index < -0.39 is 23.6 Å². The number of hydrogen-bond acceptors (Lipinski definition) is 8. The van der Waals surface area contributed by atoms with E-state index in [-0.39, 0.29) is 0 Å². The molecule has 2 atom stereocenters. The molecule has 0 unspecified atom stereocenters. The Hall–Kier alpha value is -3.47. The van der Waals surface area contributed by atoms with Gasteiger partial charge in [-0.3, -0.25) is 9.36 Å². The summed E-state index contributed by atoms with van der Waals surface area (Å²) >= 11 is 7.99. The predicted octanol–water partition coefficient (Wildman–Crippen LogP) is 6.43. The van der Waals surface area contributed by atoms with Crippen LogP contribution in [0.2, 0.25) is 5.02 Å². The second-order valence-electron chi connectivity index (χ2n) is 10.9. The summed E-state index contributed by atoms with van der Waals surface area (Å²) < 4.78 is 20.5. The first-order chi connectivity index (χ1) is 19.7. The number of hydrogen-bond donors (Lipinski definition) is 1. The van der Waals surface area contributed by atoms with Gasteiger partial charge in [-0.1, -0.05) is 23.7 Å². The molecule has 1 aliphatic heterocycles. The summed E-state index contributed by atoms with van der Waals surface area (Å²) in [7, 11) is 3.23. The minimum Gasteiger partial charge on any atom is -0.493 e. The van der Waals surface area contributed by atoms with E-state index in [4.69, 9.17) is 25.8 Å². The van der Waals surface area contributed by atoms with E-state index in [0.29, 0.717) is 40.2 Å². The molecule has 41 heavy (non-hydrogen) atoms. The van der Waals surface area contributed by atoms with Crippen molar-refractivity contribution in [2.24, 2.45) is 0 Å². The number of carbonyl (C=O) groups is 1. The van der Waals surface area contributed by atoms with Gasteiger partial charge >= 0.3 is 5.97 Å². The number of aromatic nitrogens is 4. The number of para-hydroxylation sites is 1. The molecule has 0 amide bonds. The van der Waals surface area contributed by atoms with Crippen molar-refractivity contribution < 1.29 is 24.1 Å². The molecular formula is C30H31ClN4O5S. The van der Waals surface area contributed by atoms with E-state index in [9.17, 15) is 9.90 Å². The first-order valence-corrected chi connectivity index (χ1v) is 14.7. The zero-order valence-electron chi connectivity index (χ0n) is 23.3. The highest BCUT2D eigenvalue weighted by Crippen LogP contribution is 2.49. The average molecular weight is 595 g/mol. The first-order valence-electron chi connectivity index (χ1n) is 13.5. The van der Waals surface area contributed by atoms with Crippen molar-refractivity contribution in [1.82, 2.24) is 19.7 Å². The number of carboxylic acids is 1. The van der Waals surface area contributed by atoms with Crippen molar-refractivity contribution in [1.29, 1.82) is 0 Å². The monoisotopic (exact) mass is 594 g/mol. The SMILES string of the molecule is COc1cccc([C@@H]2O[C@@H](CCc3ncc(C(C)(C)C(=O)O)s3)c3nnc(C4CC4)n3-c3ccc(Cl)cc32)c1OC. The highest BCUT2D eigenvalue weighted by molar-refractivity contribution is 7.11. The number of methoxy groups -OCH3 is 2. The van der Waals surface area contributed by atoms with Gasteiger partial charge in [0.2, 0.25) is 0 Å². The van der Waals surface area contributed by atoms with Crippen molar-refractivity contribution >= 4 is 28.9 Å². The Morgan fingerprint density at radius 1 is 1.15 bits per heavy atom. The molecule has 1 aliphatic carbocycles. The van der Waals surface area contributed by atoms with Gasteiger partial charge in [0.15, 0.2) is 17.3 Å². The summed E-state index contributed by atoms with van der Waals surface area (Å²) in [4.78, 5) is 17.1. The predicted molar refractivity (Wildman–Crippen MR) is 155 cm³/mol. The summed E-state index contributed by atoms with van der Waals surface area (Å²) in [5.74, 6) is 2.31. The van der Waals surface area contributed by atoms with Gasteiger partial charge < -0.3 is 19.3 Å². The third-order valence-corrected chi connectivity index (χ3v) is 9.41. The molecule has 4 aromatic rings. The van der Waals surface area contributed by atoms with E-state index in [1.165, 1.54) is 11.3 Å². The van der Waals surface area contributed by atoms with Gasteiger partial charge in [0.25, 0.3) is 0 Å². The Balaban J connectivity index is 1.44. The smallest absolute Gasteiger partial charge is 0.314 e. The number of halogens is 1. The number of rotatable bonds is 9. The summed E-state index contributed by atoms with van der Waals surface area (Å²) in [6.07, 6.45) is 3.97. The second kappa shape index (κ2) is 10.7. The summed E-state index contributed by atoms with van der Waals surface area (Å²) in [5, 5.41) is 20.4. The lowest BCUT2D eigenvalue weighted by Crippen LogP contribution is -2.27. The number of aryl methyl sites for hydroxylation is 1. The lowest BCUT2D eigenvalue weighted by molar-refractivity contribution is -0.142. The third kappa shape index (κ3) is 4.98. The maximum atomic E-state index is 11.8. The van der Waals surface area contributed by atoms with Crippen LogP contribution in [-0.4, -0.2) is 45.0 Å². The Morgan fingerprint density at radius 3 is 2.63 bits per heavy atom. The van der Waals surface area contributed by atoms with E-state index in [1.807, 2.05) is 36.4 Å². The molecular weight excluding hydrogens is 564 g/mol. The van der Waals surface area contributed by atoms with Crippen LogP contribution in [0, 0.1) is 0 Å². The fraction of sp³-hybridized carbons (Fsp3) is 0.400. The van der Waals surface area contributed by atoms with Crippen molar-refractivity contribution in [3.05, 3.63) is 80.3 Å². The van der Waals surface area contributed by atoms with Crippen LogP contribution < -0.4 is 9.47 Å². The zero-order chi connectivity index (χ0) is 28.9. The largest absolute Gasteiger partial charge is 0.493 e. The lowest BCUT2D eigenvalue weighted by atomic mass is 9.93. The molecule has 1 saturated carbocycles. The number of benzene rings is 2. The van der Waals surface area contributed by atoms with Gasteiger partial charge in [-0.2, -0.15) is 0 Å². The van der Waals surface area contributed by atoms with Crippen molar-refractivity contribution in [2.75, 3.05) is 14.2 Å². The van der Waals surface area contributed by atoms with Crippen LogP contribution in [0.1, 0.15) is 83.9 Å². The molecule has 1 N–H and O–H groups in total. The molecule has 214 valence electrons. The quantitative estimate of drug-likeness (QED) is 0.236. The lowest BCUT2D eigenvalue weighted by Gasteiger charge is -2.25. The van der Waals surface area contributed by atoms with Gasteiger partial charge in [-0.05, 0) is 57.4 Å². The van der Waals surface area contributed by atoms with Crippen LogP contribution >= 0.6 is 22.9 Å². The first kappa shape index (κ1) is 27.7. The Labute approximate surface area is 247 Å². The van der Waals surface area contributed by atoms with Crippen molar-refractivity contribution in [3.63, 3.8) is 0 Å². The topological polar surface area (TPSA) is 109 Å². The molecule has 0 bridgehead atoms. The van der Waals surface area contributed by atoms with E-state index in [0.717, 1.165) is 46.3 Å². The normalized spacial score (nSPS) is 18.4. The highest BCUT2D eigenvalue weighted by atomic mass is 35.5. The molecule has 0 saturated heterocycles.